The van der Waals surface area contributed by atoms with E-state index in [4.69, 9.17) is 27.9 Å². The second kappa shape index (κ2) is 8.82. The second-order valence-corrected chi connectivity index (χ2v) is 8.32. The quantitative estimate of drug-likeness (QED) is 0.583. The SMILES string of the molecule is COc1ccc(-c2nn[nH]n2)cc1C(=O)N1CC[C@](CCO)(c2ccc(Cl)c(Cl)c2)C1. The van der Waals surface area contributed by atoms with Crippen molar-refractivity contribution in [2.75, 3.05) is 26.8 Å². The van der Waals surface area contributed by atoms with Crippen LogP contribution in [0.3, 0.4) is 0 Å². The maximum absolute atomic E-state index is 13.5. The fraction of sp³-hybridized carbons (Fsp3) is 0.333. The monoisotopic (exact) mass is 461 g/mol. The summed E-state index contributed by atoms with van der Waals surface area (Å²) in [7, 11) is 1.52. The molecule has 1 aliphatic heterocycles. The molecule has 31 heavy (non-hydrogen) atoms. The number of halogens is 2. The van der Waals surface area contributed by atoms with E-state index in [0.717, 1.165) is 5.56 Å². The van der Waals surface area contributed by atoms with Crippen LogP contribution in [0.4, 0.5) is 0 Å². The number of likely N-dealkylation sites (tertiary alicyclic amines) is 1. The highest BCUT2D eigenvalue weighted by Crippen LogP contribution is 2.41. The lowest BCUT2D eigenvalue weighted by atomic mass is 9.77. The highest BCUT2D eigenvalue weighted by atomic mass is 35.5. The van der Waals surface area contributed by atoms with Gasteiger partial charge < -0.3 is 14.7 Å². The molecule has 0 unspecified atom stereocenters. The number of H-pyrrole nitrogens is 1. The van der Waals surface area contributed by atoms with Crippen LogP contribution in [0, 0.1) is 0 Å². The van der Waals surface area contributed by atoms with Gasteiger partial charge in [0.15, 0.2) is 0 Å². The van der Waals surface area contributed by atoms with Crippen molar-refractivity contribution in [3.05, 3.63) is 57.6 Å². The van der Waals surface area contributed by atoms with E-state index in [1.54, 1.807) is 29.2 Å². The maximum Gasteiger partial charge on any atom is 0.257 e. The van der Waals surface area contributed by atoms with Crippen LogP contribution in [0.5, 0.6) is 5.75 Å². The molecule has 1 atom stereocenters. The topological polar surface area (TPSA) is 104 Å². The zero-order valence-corrected chi connectivity index (χ0v) is 18.3. The first kappa shape index (κ1) is 21.5. The number of nitrogens with one attached hydrogen (secondary N) is 1. The molecule has 2 N–H and O–H groups in total. The van der Waals surface area contributed by atoms with Crippen molar-refractivity contribution in [2.45, 2.75) is 18.3 Å². The van der Waals surface area contributed by atoms with Crippen molar-refractivity contribution in [3.63, 3.8) is 0 Å². The number of benzene rings is 2. The lowest BCUT2D eigenvalue weighted by molar-refractivity contribution is 0.0776. The molecular formula is C21H21Cl2N5O3. The number of aliphatic hydroxyl groups excluding tert-OH is 1. The van der Waals surface area contributed by atoms with Crippen molar-refractivity contribution >= 4 is 29.1 Å². The van der Waals surface area contributed by atoms with Crippen molar-refractivity contribution in [2.24, 2.45) is 0 Å². The van der Waals surface area contributed by atoms with Gasteiger partial charge in [-0.05, 0) is 54.0 Å². The predicted molar refractivity (Wildman–Crippen MR) is 117 cm³/mol. The van der Waals surface area contributed by atoms with Gasteiger partial charge in [-0.1, -0.05) is 29.3 Å². The van der Waals surface area contributed by atoms with Gasteiger partial charge in [-0.2, -0.15) is 5.21 Å². The number of nitrogens with zero attached hydrogens (tertiary/aromatic N) is 4. The Hall–Kier alpha value is -2.68. The number of hydrogen-bond donors (Lipinski definition) is 2. The van der Waals surface area contributed by atoms with E-state index in [1.807, 2.05) is 12.1 Å². The number of methoxy groups -OCH3 is 1. The predicted octanol–water partition coefficient (Wildman–Crippen LogP) is 3.35. The van der Waals surface area contributed by atoms with Crippen molar-refractivity contribution in [1.82, 2.24) is 25.5 Å². The number of aromatic nitrogens is 4. The molecule has 4 rings (SSSR count). The molecule has 0 radical (unpaired) electrons. The molecule has 1 fully saturated rings. The van der Waals surface area contributed by atoms with Gasteiger partial charge in [0.2, 0.25) is 5.82 Å². The number of aliphatic hydroxyl groups is 1. The van der Waals surface area contributed by atoms with Gasteiger partial charge in [-0.25, -0.2) is 0 Å². The maximum atomic E-state index is 13.5. The minimum atomic E-state index is -0.406. The molecule has 10 heteroatoms. The standard InChI is InChI=1S/C21H21Cl2N5O3/c1-31-18-5-2-13(19-24-26-27-25-19)10-15(18)20(30)28-8-6-21(12-28,7-9-29)14-3-4-16(22)17(23)11-14/h2-5,10-11,29H,6-9,12H2,1H3,(H,24,25,26,27)/t21-/m1/s1. The Labute approximate surface area is 189 Å². The Kier molecular flexibility index (Phi) is 6.13. The third-order valence-corrected chi connectivity index (χ3v) is 6.54. The van der Waals surface area contributed by atoms with Crippen LogP contribution >= 0.6 is 23.2 Å². The fourth-order valence-electron chi connectivity index (χ4n) is 4.14. The number of tetrazole rings is 1. The number of amides is 1. The minimum Gasteiger partial charge on any atom is -0.496 e. The number of carbonyl (C=O) groups excluding carboxylic acids is 1. The van der Waals surface area contributed by atoms with Gasteiger partial charge in [0.1, 0.15) is 5.75 Å². The normalized spacial score (nSPS) is 18.4. The van der Waals surface area contributed by atoms with Crippen molar-refractivity contribution in [3.8, 4) is 17.1 Å². The minimum absolute atomic E-state index is 0.00108. The smallest absolute Gasteiger partial charge is 0.257 e. The van der Waals surface area contributed by atoms with Gasteiger partial charge in [0.05, 0.1) is 22.7 Å². The van der Waals surface area contributed by atoms with Crippen LogP contribution in [-0.4, -0.2) is 63.3 Å². The zero-order valence-electron chi connectivity index (χ0n) is 16.8. The summed E-state index contributed by atoms with van der Waals surface area (Å²) in [4.78, 5) is 15.2. The number of carbonyl (C=O) groups is 1. The van der Waals surface area contributed by atoms with Crippen LogP contribution < -0.4 is 4.74 Å². The fourth-order valence-corrected chi connectivity index (χ4v) is 4.44. The van der Waals surface area contributed by atoms with Gasteiger partial charge in [0, 0.05) is 30.7 Å². The van der Waals surface area contributed by atoms with E-state index in [9.17, 15) is 9.90 Å². The summed E-state index contributed by atoms with van der Waals surface area (Å²) in [5.41, 5.74) is 1.62. The van der Waals surface area contributed by atoms with E-state index >= 15 is 0 Å². The Morgan fingerprint density at radius 3 is 2.77 bits per heavy atom. The molecule has 2 aromatic carbocycles. The average molecular weight is 462 g/mol. The number of aromatic amines is 1. The molecule has 0 spiro atoms. The van der Waals surface area contributed by atoms with Gasteiger partial charge in [-0.15, -0.1) is 10.2 Å². The average Bonchev–Trinajstić information content (AvgIpc) is 3.46. The Bertz CT molecular complexity index is 1090. The van der Waals surface area contributed by atoms with Crippen LogP contribution in [-0.2, 0) is 5.41 Å². The first-order valence-electron chi connectivity index (χ1n) is 9.75. The molecule has 3 aromatic rings. The van der Waals surface area contributed by atoms with E-state index in [0.29, 0.717) is 58.7 Å². The Morgan fingerprint density at radius 1 is 1.26 bits per heavy atom. The number of hydrogen-bond acceptors (Lipinski definition) is 6. The molecule has 1 aliphatic rings. The summed E-state index contributed by atoms with van der Waals surface area (Å²) in [5, 5.41) is 24.6. The summed E-state index contributed by atoms with van der Waals surface area (Å²) >= 11 is 12.3. The Balaban J connectivity index is 1.65. The molecule has 0 aliphatic carbocycles. The molecule has 0 bridgehead atoms. The molecule has 1 aromatic heterocycles. The summed E-state index contributed by atoms with van der Waals surface area (Å²) in [5.74, 6) is 0.692. The molecule has 1 saturated heterocycles. The first-order valence-corrected chi connectivity index (χ1v) is 10.5. The molecule has 8 nitrogen and oxygen atoms in total. The van der Waals surface area contributed by atoms with E-state index < -0.39 is 5.41 Å². The summed E-state index contributed by atoms with van der Waals surface area (Å²) in [6.07, 6.45) is 1.21. The third-order valence-electron chi connectivity index (χ3n) is 5.80. The van der Waals surface area contributed by atoms with E-state index in [-0.39, 0.29) is 12.5 Å². The van der Waals surface area contributed by atoms with E-state index in [1.165, 1.54) is 7.11 Å². The van der Waals surface area contributed by atoms with Crippen LogP contribution in [0.1, 0.15) is 28.8 Å². The molecule has 0 saturated carbocycles. The third kappa shape index (κ3) is 4.11. The Morgan fingerprint density at radius 2 is 2.10 bits per heavy atom. The van der Waals surface area contributed by atoms with Gasteiger partial charge in [-0.3, -0.25) is 4.79 Å². The van der Waals surface area contributed by atoms with Gasteiger partial charge >= 0.3 is 0 Å². The van der Waals surface area contributed by atoms with Crippen LogP contribution in [0.2, 0.25) is 10.0 Å². The summed E-state index contributed by atoms with van der Waals surface area (Å²) < 4.78 is 5.43. The largest absolute Gasteiger partial charge is 0.496 e. The lowest BCUT2D eigenvalue weighted by Crippen LogP contribution is -2.35. The molecule has 2 heterocycles. The summed E-state index contributed by atoms with van der Waals surface area (Å²) in [6, 6.07) is 10.7. The van der Waals surface area contributed by atoms with Crippen molar-refractivity contribution in [1.29, 1.82) is 0 Å². The summed E-state index contributed by atoms with van der Waals surface area (Å²) in [6.45, 7) is 0.980. The number of rotatable bonds is 6. The highest BCUT2D eigenvalue weighted by Gasteiger charge is 2.41. The second-order valence-electron chi connectivity index (χ2n) is 7.51. The van der Waals surface area contributed by atoms with Gasteiger partial charge in [0.25, 0.3) is 5.91 Å². The van der Waals surface area contributed by atoms with Crippen LogP contribution in [0.25, 0.3) is 11.4 Å². The number of ether oxygens (including phenoxy) is 1. The molecule has 162 valence electrons. The van der Waals surface area contributed by atoms with Crippen LogP contribution in [0.15, 0.2) is 36.4 Å². The van der Waals surface area contributed by atoms with Crippen molar-refractivity contribution < 1.29 is 14.6 Å². The zero-order chi connectivity index (χ0) is 22.0. The highest BCUT2D eigenvalue weighted by molar-refractivity contribution is 6.42. The molecule has 1 amide bonds. The first-order chi connectivity index (χ1) is 15.0. The van der Waals surface area contributed by atoms with E-state index in [2.05, 4.69) is 20.6 Å². The molecular weight excluding hydrogens is 441 g/mol. The lowest BCUT2D eigenvalue weighted by Gasteiger charge is -2.30.